The zero-order valence-corrected chi connectivity index (χ0v) is 12.7. The molecule has 0 saturated carbocycles. The van der Waals surface area contributed by atoms with Crippen molar-refractivity contribution in [1.82, 2.24) is 10.2 Å². The van der Waals surface area contributed by atoms with Gasteiger partial charge in [-0.25, -0.2) is 4.79 Å². The van der Waals surface area contributed by atoms with Crippen LogP contribution in [-0.4, -0.2) is 42.4 Å². The number of imide groups is 1. The summed E-state index contributed by atoms with van der Waals surface area (Å²) in [5.74, 6) is -0.398. The first-order valence-corrected chi connectivity index (χ1v) is 7.20. The Hall–Kier alpha value is -2.57. The third-order valence-electron chi connectivity index (χ3n) is 3.28. The number of hydrogen-bond acceptors (Lipinski definition) is 4. The highest BCUT2D eigenvalue weighted by Crippen LogP contribution is 2.14. The van der Waals surface area contributed by atoms with Gasteiger partial charge in [0, 0.05) is 30.4 Å². The van der Waals surface area contributed by atoms with Gasteiger partial charge in [0.25, 0.3) is 0 Å². The van der Waals surface area contributed by atoms with Gasteiger partial charge >= 0.3 is 6.03 Å². The molecule has 0 aromatic heterocycles. The van der Waals surface area contributed by atoms with E-state index in [1.54, 1.807) is 24.3 Å². The highest BCUT2D eigenvalue weighted by atomic mass is 16.2. The summed E-state index contributed by atoms with van der Waals surface area (Å²) in [6.07, 6.45) is 0. The number of carbonyl (C=O) groups is 3. The monoisotopic (exact) mass is 304 g/mol. The number of carbonyl (C=O) groups excluding carboxylic acids is 3. The lowest BCUT2D eigenvalue weighted by atomic mass is 10.2. The van der Waals surface area contributed by atoms with Crippen molar-refractivity contribution < 1.29 is 14.4 Å². The molecule has 3 N–H and O–H groups in total. The summed E-state index contributed by atoms with van der Waals surface area (Å²) in [5, 5.41) is 8.33. The molecular weight excluding hydrogens is 284 g/mol. The van der Waals surface area contributed by atoms with Crippen LogP contribution in [0.1, 0.15) is 13.8 Å². The van der Waals surface area contributed by atoms with Crippen LogP contribution in [0.2, 0.25) is 0 Å². The van der Waals surface area contributed by atoms with Crippen molar-refractivity contribution in [2.75, 3.05) is 30.3 Å². The minimum Gasteiger partial charge on any atom is -0.376 e. The fourth-order valence-electron chi connectivity index (χ4n) is 1.94. The Bertz CT molecular complexity index is 569. The van der Waals surface area contributed by atoms with Crippen molar-refractivity contribution in [3.8, 4) is 0 Å². The van der Waals surface area contributed by atoms with Gasteiger partial charge in [-0.3, -0.25) is 14.5 Å². The van der Waals surface area contributed by atoms with E-state index >= 15 is 0 Å². The number of nitrogens with zero attached hydrogens (tertiary/aromatic N) is 1. The normalized spacial score (nSPS) is 14.0. The number of hydrogen-bond donors (Lipinski definition) is 3. The summed E-state index contributed by atoms with van der Waals surface area (Å²) in [6.45, 7) is 4.59. The van der Waals surface area contributed by atoms with Gasteiger partial charge in [-0.15, -0.1) is 0 Å². The Balaban J connectivity index is 1.85. The van der Waals surface area contributed by atoms with Crippen LogP contribution in [0.5, 0.6) is 0 Å². The molecule has 0 bridgehead atoms. The van der Waals surface area contributed by atoms with Crippen molar-refractivity contribution in [3.05, 3.63) is 24.3 Å². The van der Waals surface area contributed by atoms with Crippen molar-refractivity contribution in [1.29, 1.82) is 0 Å². The summed E-state index contributed by atoms with van der Waals surface area (Å²) < 4.78 is 0. The molecule has 1 aliphatic heterocycles. The van der Waals surface area contributed by atoms with Gasteiger partial charge in [0.1, 0.15) is 0 Å². The van der Waals surface area contributed by atoms with Gasteiger partial charge in [0.05, 0.1) is 6.54 Å². The zero-order valence-electron chi connectivity index (χ0n) is 12.7. The van der Waals surface area contributed by atoms with E-state index in [0.29, 0.717) is 18.8 Å². The molecule has 1 fully saturated rings. The first-order chi connectivity index (χ1) is 10.5. The maximum atomic E-state index is 11.9. The summed E-state index contributed by atoms with van der Waals surface area (Å²) in [7, 11) is 0. The molecule has 4 amide bonds. The lowest BCUT2D eigenvalue weighted by Gasteiger charge is -2.13. The van der Waals surface area contributed by atoms with E-state index in [-0.39, 0.29) is 30.3 Å². The largest absolute Gasteiger partial charge is 0.376 e. The molecule has 1 aliphatic rings. The van der Waals surface area contributed by atoms with E-state index in [4.69, 9.17) is 0 Å². The molecule has 7 heteroatoms. The third kappa shape index (κ3) is 3.97. The molecule has 0 radical (unpaired) electrons. The van der Waals surface area contributed by atoms with E-state index in [1.807, 2.05) is 13.8 Å². The number of amides is 4. The molecule has 0 spiro atoms. The van der Waals surface area contributed by atoms with E-state index in [9.17, 15) is 14.4 Å². The van der Waals surface area contributed by atoms with Crippen LogP contribution < -0.4 is 16.0 Å². The Labute approximate surface area is 129 Å². The molecular formula is C15H20N4O3. The molecule has 2 rings (SSSR count). The van der Waals surface area contributed by atoms with Gasteiger partial charge in [-0.1, -0.05) is 13.8 Å². The summed E-state index contributed by atoms with van der Waals surface area (Å²) in [4.78, 5) is 36.0. The predicted octanol–water partition coefficient (Wildman–Crippen LogP) is 1.24. The van der Waals surface area contributed by atoms with Crippen LogP contribution in [0, 0.1) is 5.92 Å². The molecule has 0 atom stereocenters. The highest BCUT2D eigenvalue weighted by Gasteiger charge is 2.25. The van der Waals surface area contributed by atoms with Crippen LogP contribution in [-0.2, 0) is 9.59 Å². The van der Waals surface area contributed by atoms with Gasteiger partial charge in [-0.05, 0) is 24.3 Å². The summed E-state index contributed by atoms with van der Waals surface area (Å²) in [5.41, 5.74) is 1.45. The third-order valence-corrected chi connectivity index (χ3v) is 3.28. The first-order valence-electron chi connectivity index (χ1n) is 7.20. The first kappa shape index (κ1) is 15.8. The summed E-state index contributed by atoms with van der Waals surface area (Å²) >= 11 is 0. The van der Waals surface area contributed by atoms with Crippen molar-refractivity contribution in [2.24, 2.45) is 5.92 Å². The van der Waals surface area contributed by atoms with Crippen LogP contribution in [0.4, 0.5) is 16.2 Å². The van der Waals surface area contributed by atoms with Gasteiger partial charge in [-0.2, -0.15) is 0 Å². The number of urea groups is 1. The number of nitrogens with one attached hydrogen (secondary N) is 3. The lowest BCUT2D eigenvalue weighted by molar-refractivity contribution is -0.125. The van der Waals surface area contributed by atoms with Crippen LogP contribution >= 0.6 is 0 Å². The van der Waals surface area contributed by atoms with Crippen molar-refractivity contribution in [2.45, 2.75) is 13.8 Å². The van der Waals surface area contributed by atoms with E-state index < -0.39 is 0 Å². The summed E-state index contributed by atoms with van der Waals surface area (Å²) in [6, 6.07) is 6.71. The molecule has 1 saturated heterocycles. The second-order valence-electron chi connectivity index (χ2n) is 5.35. The second-order valence-corrected chi connectivity index (χ2v) is 5.35. The molecule has 1 aromatic carbocycles. The molecule has 1 aromatic rings. The molecule has 7 nitrogen and oxygen atoms in total. The molecule has 118 valence electrons. The Morgan fingerprint density at radius 2 is 1.86 bits per heavy atom. The molecule has 0 aliphatic carbocycles. The average Bonchev–Trinajstić information content (AvgIpc) is 2.92. The quantitative estimate of drug-likeness (QED) is 0.763. The standard InChI is InChI=1S/C15H20N4O3/c1-10(2)14(21)18-12-5-3-11(4-6-12)17-9-13(20)19-8-7-16-15(19)22/h3-6,10,17H,7-9H2,1-2H3,(H,16,22)(H,18,21). The number of anilines is 2. The molecule has 0 unspecified atom stereocenters. The topological polar surface area (TPSA) is 90.5 Å². The molecule has 22 heavy (non-hydrogen) atoms. The minimum absolute atomic E-state index is 0.0454. The van der Waals surface area contributed by atoms with E-state index in [2.05, 4.69) is 16.0 Å². The van der Waals surface area contributed by atoms with Crippen molar-refractivity contribution >= 4 is 29.2 Å². The molecule has 1 heterocycles. The smallest absolute Gasteiger partial charge is 0.324 e. The van der Waals surface area contributed by atoms with Crippen LogP contribution in [0.3, 0.4) is 0 Å². The Morgan fingerprint density at radius 3 is 2.41 bits per heavy atom. The van der Waals surface area contributed by atoms with E-state index in [0.717, 1.165) is 5.69 Å². The highest BCUT2D eigenvalue weighted by molar-refractivity contribution is 5.97. The van der Waals surface area contributed by atoms with Gasteiger partial charge < -0.3 is 16.0 Å². The fourth-order valence-corrected chi connectivity index (χ4v) is 1.94. The fraction of sp³-hybridized carbons (Fsp3) is 0.400. The number of rotatable bonds is 5. The number of benzene rings is 1. The van der Waals surface area contributed by atoms with E-state index in [1.165, 1.54) is 4.90 Å². The van der Waals surface area contributed by atoms with Crippen LogP contribution in [0.25, 0.3) is 0 Å². The van der Waals surface area contributed by atoms with Crippen molar-refractivity contribution in [3.63, 3.8) is 0 Å². The van der Waals surface area contributed by atoms with Crippen LogP contribution in [0.15, 0.2) is 24.3 Å². The lowest BCUT2D eigenvalue weighted by Crippen LogP contribution is -2.37. The SMILES string of the molecule is CC(C)C(=O)Nc1ccc(NCC(=O)N2CCNC2=O)cc1. The van der Waals surface area contributed by atoms with Gasteiger partial charge in [0.2, 0.25) is 11.8 Å². The van der Waals surface area contributed by atoms with Gasteiger partial charge in [0.15, 0.2) is 0 Å². The maximum absolute atomic E-state index is 11.9. The maximum Gasteiger partial charge on any atom is 0.324 e. The average molecular weight is 304 g/mol. The Kier molecular flexibility index (Phi) is 4.98. The predicted molar refractivity (Wildman–Crippen MR) is 83.5 cm³/mol. The zero-order chi connectivity index (χ0) is 16.1. The minimum atomic E-state index is -0.349. The Morgan fingerprint density at radius 1 is 1.23 bits per heavy atom. The second kappa shape index (κ2) is 6.93.